The lowest BCUT2D eigenvalue weighted by atomic mass is 9.40. The molecule has 0 spiro atoms. The molecule has 0 atom stereocenters. The van der Waals surface area contributed by atoms with E-state index < -0.39 is 11.9 Å². The van der Waals surface area contributed by atoms with Crippen molar-refractivity contribution in [1.29, 1.82) is 0 Å². The van der Waals surface area contributed by atoms with Crippen molar-refractivity contribution >= 4 is 34.3 Å². The van der Waals surface area contributed by atoms with Crippen molar-refractivity contribution in [3.8, 4) is 0 Å². The van der Waals surface area contributed by atoms with Gasteiger partial charge >= 0.3 is 6.18 Å². The van der Waals surface area contributed by atoms with E-state index in [-0.39, 0.29) is 23.6 Å². The van der Waals surface area contributed by atoms with Crippen LogP contribution >= 0.6 is 0 Å². The highest BCUT2D eigenvalue weighted by molar-refractivity contribution is 6.27. The Kier molecular flexibility index (Phi) is 4.46. The number of aliphatic imine (C=N–C) groups is 1. The van der Waals surface area contributed by atoms with Crippen LogP contribution in [0.15, 0.2) is 47.9 Å². The minimum Gasteiger partial charge on any atom is -0.347 e. The first-order valence-electron chi connectivity index (χ1n) is 11.4. The zero-order valence-corrected chi connectivity index (χ0v) is 19.2. The molecule has 2 aromatic heterocycles. The Morgan fingerprint density at radius 1 is 1.17 bits per heavy atom. The van der Waals surface area contributed by atoms with Gasteiger partial charge in [0.05, 0.1) is 18.4 Å². The number of aromatic nitrogens is 3. The average molecular weight is 480 g/mol. The summed E-state index contributed by atoms with van der Waals surface area (Å²) in [4.78, 5) is 25.1. The predicted octanol–water partition coefficient (Wildman–Crippen LogP) is 4.85. The quantitative estimate of drug-likeness (QED) is 0.547. The molecule has 3 fully saturated rings. The van der Waals surface area contributed by atoms with Gasteiger partial charge in [-0.2, -0.15) is 13.2 Å². The Morgan fingerprint density at radius 2 is 1.94 bits per heavy atom. The van der Waals surface area contributed by atoms with Crippen molar-refractivity contribution in [1.82, 2.24) is 19.7 Å². The van der Waals surface area contributed by atoms with Crippen LogP contribution < -0.4 is 10.6 Å². The number of hydrogen-bond donors (Lipinski definition) is 2. The molecule has 180 valence electrons. The van der Waals surface area contributed by atoms with Crippen molar-refractivity contribution in [2.24, 2.45) is 10.4 Å². The smallest absolute Gasteiger partial charge is 0.347 e. The van der Waals surface area contributed by atoms with Gasteiger partial charge in [0.2, 0.25) is 0 Å². The minimum atomic E-state index is -4.54. The summed E-state index contributed by atoms with van der Waals surface area (Å²) in [6.45, 7) is 4.10. The van der Waals surface area contributed by atoms with E-state index in [0.717, 1.165) is 24.8 Å². The van der Waals surface area contributed by atoms with Gasteiger partial charge in [-0.3, -0.25) is 14.2 Å². The van der Waals surface area contributed by atoms with Crippen molar-refractivity contribution in [3.05, 3.63) is 59.7 Å². The van der Waals surface area contributed by atoms with Crippen LogP contribution in [0.1, 0.15) is 47.8 Å². The van der Waals surface area contributed by atoms with Crippen LogP contribution in [0.5, 0.6) is 0 Å². The van der Waals surface area contributed by atoms with Crippen molar-refractivity contribution < 1.29 is 18.0 Å². The predicted molar refractivity (Wildman–Crippen MR) is 126 cm³/mol. The Morgan fingerprint density at radius 3 is 2.63 bits per heavy atom. The molecule has 10 heteroatoms. The second-order valence-electron chi connectivity index (χ2n) is 10.1. The minimum absolute atomic E-state index is 0.00562. The number of alkyl halides is 3. The van der Waals surface area contributed by atoms with Crippen LogP contribution in [-0.4, -0.2) is 44.2 Å². The third-order valence-corrected chi connectivity index (χ3v) is 7.18. The topological polar surface area (TPSA) is 83.7 Å². The van der Waals surface area contributed by atoms with Crippen LogP contribution in [0.3, 0.4) is 0 Å². The Balaban J connectivity index is 1.24. The number of rotatable bonds is 5. The largest absolute Gasteiger partial charge is 0.433 e. The number of carbonyl (C=O) groups is 1. The van der Waals surface area contributed by atoms with Gasteiger partial charge in [0.15, 0.2) is 11.5 Å². The molecule has 4 aliphatic rings. The second kappa shape index (κ2) is 7.16. The molecule has 7 nitrogen and oxygen atoms in total. The van der Waals surface area contributed by atoms with Gasteiger partial charge in [-0.05, 0) is 55.4 Å². The summed E-state index contributed by atoms with van der Waals surface area (Å²) in [5.41, 5.74) is 2.28. The summed E-state index contributed by atoms with van der Waals surface area (Å²) in [7, 11) is 0. The highest BCUT2D eigenvalue weighted by Crippen LogP contribution is 2.66. The SMILES string of the molecule is Cc1cc(Nc2nccn3c(C4=CCN=C4C(F)(F)F)cnc23)ccc1C(=O)NC12CC(C)(C1)C2. The highest BCUT2D eigenvalue weighted by Gasteiger charge is 2.65. The highest BCUT2D eigenvalue weighted by atomic mass is 19.4. The number of fused-ring (bicyclic) bond motifs is 1. The number of halogens is 3. The van der Waals surface area contributed by atoms with E-state index in [9.17, 15) is 18.0 Å². The fourth-order valence-corrected chi connectivity index (χ4v) is 5.95. The van der Waals surface area contributed by atoms with Crippen LogP contribution in [0.25, 0.3) is 11.2 Å². The molecule has 2 bridgehead atoms. The summed E-state index contributed by atoms with van der Waals surface area (Å²) in [6.07, 6.45) is 4.49. The summed E-state index contributed by atoms with van der Waals surface area (Å²) in [5.74, 6) is 0.322. The van der Waals surface area contributed by atoms with E-state index in [1.54, 1.807) is 22.7 Å². The lowest BCUT2D eigenvalue weighted by molar-refractivity contribution is -0.132. The number of nitrogens with one attached hydrogen (secondary N) is 2. The van der Waals surface area contributed by atoms with Gasteiger partial charge in [0.25, 0.3) is 5.91 Å². The van der Waals surface area contributed by atoms with Gasteiger partial charge in [-0.1, -0.05) is 13.0 Å². The maximum absolute atomic E-state index is 13.4. The molecule has 3 aliphatic carbocycles. The standard InChI is InChI=1S/C25H23F3N6O/c1-14-9-15(3-4-16(14)22(35)33-24-11-23(2,12-24)13-24)32-20-21-31-10-18(34(21)8-7-30-20)17-5-6-29-19(17)25(26,27)28/h3-5,7-10H,6,11-13H2,1-2H3,(H,30,32)(H,33,35). The van der Waals surface area contributed by atoms with E-state index >= 15 is 0 Å². The summed E-state index contributed by atoms with van der Waals surface area (Å²) >= 11 is 0. The van der Waals surface area contributed by atoms with Crippen molar-refractivity contribution in [2.45, 2.75) is 44.8 Å². The molecule has 0 unspecified atom stereocenters. The van der Waals surface area contributed by atoms with Crippen LogP contribution in [0.4, 0.5) is 24.7 Å². The first-order valence-corrected chi connectivity index (χ1v) is 11.4. The van der Waals surface area contributed by atoms with Crippen LogP contribution in [0.2, 0.25) is 0 Å². The maximum atomic E-state index is 13.4. The lowest BCUT2D eigenvalue weighted by Crippen LogP contribution is -2.73. The van der Waals surface area contributed by atoms with E-state index in [1.807, 2.05) is 13.0 Å². The number of anilines is 2. The third kappa shape index (κ3) is 3.50. The summed E-state index contributed by atoms with van der Waals surface area (Å²) in [5, 5.41) is 6.38. The molecular formula is C25H23F3N6O. The van der Waals surface area contributed by atoms with Crippen molar-refractivity contribution in [3.63, 3.8) is 0 Å². The van der Waals surface area contributed by atoms with Gasteiger partial charge in [-0.15, -0.1) is 0 Å². The zero-order valence-electron chi connectivity index (χ0n) is 19.2. The molecule has 1 aliphatic heterocycles. The summed E-state index contributed by atoms with van der Waals surface area (Å²) < 4.78 is 41.7. The molecule has 35 heavy (non-hydrogen) atoms. The maximum Gasteiger partial charge on any atom is 0.433 e. The number of imidazole rings is 1. The third-order valence-electron chi connectivity index (χ3n) is 7.18. The average Bonchev–Trinajstić information content (AvgIpc) is 3.39. The molecule has 0 saturated heterocycles. The Bertz CT molecular complexity index is 1430. The number of aryl methyl sites for hydroxylation is 1. The lowest BCUT2D eigenvalue weighted by Gasteiger charge is -2.69. The molecule has 3 saturated carbocycles. The number of amides is 1. The fourth-order valence-electron chi connectivity index (χ4n) is 5.95. The van der Waals surface area contributed by atoms with Gasteiger partial charge < -0.3 is 10.6 Å². The first-order chi connectivity index (χ1) is 16.6. The molecule has 0 radical (unpaired) electrons. The fraction of sp³-hybridized carbons (Fsp3) is 0.360. The number of benzene rings is 1. The zero-order chi connectivity index (χ0) is 24.6. The molecule has 7 rings (SSSR count). The van der Waals surface area contributed by atoms with Crippen LogP contribution in [0, 0.1) is 12.3 Å². The number of nitrogens with zero attached hydrogens (tertiary/aromatic N) is 4. The number of allylic oxidation sites excluding steroid dienone is 1. The Labute approximate surface area is 199 Å². The molecule has 1 aromatic carbocycles. The molecule has 1 amide bonds. The van der Waals surface area contributed by atoms with Crippen molar-refractivity contribution in [2.75, 3.05) is 11.9 Å². The second-order valence-corrected chi connectivity index (χ2v) is 10.1. The monoisotopic (exact) mass is 480 g/mol. The molecule has 2 N–H and O–H groups in total. The van der Waals surface area contributed by atoms with Gasteiger partial charge in [0, 0.05) is 34.8 Å². The van der Waals surface area contributed by atoms with E-state index in [0.29, 0.717) is 33.8 Å². The molecular weight excluding hydrogens is 457 g/mol. The normalized spacial score (nSPS) is 24.9. The number of hydrogen-bond acceptors (Lipinski definition) is 5. The number of carbonyl (C=O) groups excluding carboxylic acids is 1. The first kappa shape index (κ1) is 21.8. The van der Waals surface area contributed by atoms with Gasteiger partial charge in [0.1, 0.15) is 5.71 Å². The Hall–Kier alpha value is -3.69. The van der Waals surface area contributed by atoms with Crippen LogP contribution in [-0.2, 0) is 0 Å². The van der Waals surface area contributed by atoms with E-state index in [2.05, 4.69) is 32.5 Å². The van der Waals surface area contributed by atoms with E-state index in [4.69, 9.17) is 0 Å². The molecule has 3 heterocycles. The van der Waals surface area contributed by atoms with E-state index in [1.165, 1.54) is 18.5 Å². The molecule has 3 aromatic rings. The summed E-state index contributed by atoms with van der Waals surface area (Å²) in [6, 6.07) is 5.40. The van der Waals surface area contributed by atoms with Gasteiger partial charge in [-0.25, -0.2) is 9.97 Å².